The molecule has 0 aliphatic rings. The first-order valence-electron chi connectivity index (χ1n) is 6.49. The molecule has 1 amide bonds. The summed E-state index contributed by atoms with van der Waals surface area (Å²) in [5.74, 6) is -0.250. The summed E-state index contributed by atoms with van der Waals surface area (Å²) in [5.41, 5.74) is 12.8. The lowest BCUT2D eigenvalue weighted by molar-refractivity contribution is 0.104. The van der Waals surface area contributed by atoms with Crippen LogP contribution in [0.2, 0.25) is 5.02 Å². The Balaban J connectivity index is 2.32. The Bertz CT molecular complexity index is 901. The van der Waals surface area contributed by atoms with E-state index in [1.54, 1.807) is 36.4 Å². The van der Waals surface area contributed by atoms with Crippen molar-refractivity contribution in [2.45, 2.75) is 0 Å². The third-order valence-electron chi connectivity index (χ3n) is 3.48. The van der Waals surface area contributed by atoms with Crippen molar-refractivity contribution in [2.24, 2.45) is 5.73 Å². The highest BCUT2D eigenvalue weighted by Crippen LogP contribution is 2.33. The first kappa shape index (κ1) is 14.2. The van der Waals surface area contributed by atoms with Crippen LogP contribution in [0.25, 0.3) is 10.9 Å². The van der Waals surface area contributed by atoms with E-state index < -0.39 is 6.03 Å². The summed E-state index contributed by atoms with van der Waals surface area (Å²) >= 11 is 6.04. The molecule has 2 aromatic carbocycles. The number of benzene rings is 2. The Morgan fingerprint density at radius 2 is 1.73 bits per heavy atom. The van der Waals surface area contributed by atoms with Gasteiger partial charge >= 0.3 is 6.03 Å². The van der Waals surface area contributed by atoms with Crippen molar-refractivity contribution in [3.8, 4) is 0 Å². The fourth-order valence-corrected chi connectivity index (χ4v) is 2.59. The van der Waals surface area contributed by atoms with Gasteiger partial charge in [-0.1, -0.05) is 41.9 Å². The summed E-state index contributed by atoms with van der Waals surface area (Å²) in [4.78, 5) is 24.3. The van der Waals surface area contributed by atoms with Gasteiger partial charge in [-0.25, -0.2) is 4.79 Å². The number of nitrogens with two attached hydrogens (primary N) is 2. The highest BCUT2D eigenvalue weighted by atomic mass is 35.5. The number of ketones is 1. The van der Waals surface area contributed by atoms with Gasteiger partial charge in [-0.2, -0.15) is 0 Å². The molecule has 0 radical (unpaired) electrons. The summed E-state index contributed by atoms with van der Waals surface area (Å²) in [6, 6.07) is 11.2. The van der Waals surface area contributed by atoms with Crippen LogP contribution in [0.4, 0.5) is 10.5 Å². The second kappa shape index (κ2) is 5.20. The zero-order valence-corrected chi connectivity index (χ0v) is 12.2. The molecular weight excluding hydrogens is 302 g/mol. The number of primary amides is 1. The van der Waals surface area contributed by atoms with Crippen LogP contribution in [0.1, 0.15) is 15.9 Å². The molecule has 0 saturated carbocycles. The number of fused-ring (bicyclic) bond motifs is 1. The van der Waals surface area contributed by atoms with Crippen LogP contribution in [-0.2, 0) is 0 Å². The number of aromatic nitrogens is 1. The van der Waals surface area contributed by atoms with Crippen molar-refractivity contribution < 1.29 is 9.59 Å². The molecule has 6 heteroatoms. The first-order valence-corrected chi connectivity index (χ1v) is 6.87. The van der Waals surface area contributed by atoms with E-state index in [9.17, 15) is 9.59 Å². The van der Waals surface area contributed by atoms with Crippen LogP contribution < -0.4 is 11.5 Å². The Hall–Kier alpha value is -2.79. The molecule has 4 N–H and O–H groups in total. The molecule has 0 saturated heterocycles. The fourth-order valence-electron chi connectivity index (χ4n) is 2.43. The summed E-state index contributed by atoms with van der Waals surface area (Å²) < 4.78 is 1.19. The lowest BCUT2D eigenvalue weighted by Gasteiger charge is -2.04. The maximum Gasteiger partial charge on any atom is 0.323 e. The van der Waals surface area contributed by atoms with Crippen LogP contribution in [0, 0.1) is 0 Å². The van der Waals surface area contributed by atoms with Gasteiger partial charge in [0.05, 0.1) is 21.8 Å². The lowest BCUT2D eigenvalue weighted by Crippen LogP contribution is -2.18. The summed E-state index contributed by atoms with van der Waals surface area (Å²) in [7, 11) is 0. The number of rotatable bonds is 2. The third-order valence-corrected chi connectivity index (χ3v) is 3.81. The molecule has 5 nitrogen and oxygen atoms in total. The summed E-state index contributed by atoms with van der Waals surface area (Å²) in [5, 5.41) is 0.747. The normalized spacial score (nSPS) is 10.8. The van der Waals surface area contributed by atoms with Gasteiger partial charge in [0.2, 0.25) is 0 Å². The van der Waals surface area contributed by atoms with Crippen molar-refractivity contribution in [3.63, 3.8) is 0 Å². The average molecular weight is 314 g/mol. The van der Waals surface area contributed by atoms with Gasteiger partial charge in [0, 0.05) is 17.1 Å². The minimum Gasteiger partial charge on any atom is -0.397 e. The van der Waals surface area contributed by atoms with Crippen LogP contribution in [0.15, 0.2) is 48.7 Å². The molecule has 3 aromatic rings. The highest BCUT2D eigenvalue weighted by molar-refractivity contribution is 6.35. The van der Waals surface area contributed by atoms with Gasteiger partial charge < -0.3 is 11.5 Å². The number of nitrogen functional groups attached to an aromatic ring is 1. The van der Waals surface area contributed by atoms with E-state index in [4.69, 9.17) is 23.1 Å². The molecule has 0 aliphatic heterocycles. The Morgan fingerprint density at radius 3 is 2.36 bits per heavy atom. The zero-order valence-electron chi connectivity index (χ0n) is 11.4. The lowest BCUT2D eigenvalue weighted by atomic mass is 10.0. The maximum atomic E-state index is 12.7. The maximum absolute atomic E-state index is 12.7. The van der Waals surface area contributed by atoms with E-state index in [2.05, 4.69) is 0 Å². The van der Waals surface area contributed by atoms with E-state index in [1.807, 2.05) is 6.07 Å². The molecular formula is C16H12ClN3O2. The van der Waals surface area contributed by atoms with Crippen LogP contribution in [-0.4, -0.2) is 16.4 Å². The Labute approximate surface area is 131 Å². The number of amides is 1. The predicted octanol–water partition coefficient (Wildman–Crippen LogP) is 3.03. The first-order chi connectivity index (χ1) is 10.5. The molecule has 0 aliphatic carbocycles. The van der Waals surface area contributed by atoms with Gasteiger partial charge in [-0.05, 0) is 12.1 Å². The number of halogens is 1. The van der Waals surface area contributed by atoms with Gasteiger partial charge in [0.25, 0.3) is 0 Å². The largest absolute Gasteiger partial charge is 0.397 e. The molecule has 22 heavy (non-hydrogen) atoms. The molecule has 0 fully saturated rings. The molecule has 3 rings (SSSR count). The zero-order chi connectivity index (χ0) is 15.9. The monoisotopic (exact) mass is 313 g/mol. The van der Waals surface area contributed by atoms with Crippen molar-refractivity contribution in [1.29, 1.82) is 0 Å². The smallest absolute Gasteiger partial charge is 0.323 e. The molecule has 0 atom stereocenters. The topological polar surface area (TPSA) is 91.1 Å². The molecule has 0 spiro atoms. The van der Waals surface area contributed by atoms with Crippen LogP contribution in [0.3, 0.4) is 0 Å². The second-order valence-corrected chi connectivity index (χ2v) is 5.21. The number of nitrogens with zero attached hydrogens (tertiary/aromatic N) is 1. The molecule has 1 heterocycles. The molecule has 0 bridgehead atoms. The quantitative estimate of drug-likeness (QED) is 0.562. The Morgan fingerprint density at radius 1 is 1.05 bits per heavy atom. The molecule has 110 valence electrons. The number of anilines is 1. The van der Waals surface area contributed by atoms with Gasteiger partial charge in [0.1, 0.15) is 0 Å². The van der Waals surface area contributed by atoms with Gasteiger partial charge in [0.15, 0.2) is 5.78 Å². The second-order valence-electron chi connectivity index (χ2n) is 4.80. The number of carbonyl (C=O) groups excluding carboxylic acids is 2. The van der Waals surface area contributed by atoms with Crippen molar-refractivity contribution in [3.05, 3.63) is 64.8 Å². The summed E-state index contributed by atoms with van der Waals surface area (Å²) in [6.07, 6.45) is 1.40. The van der Waals surface area contributed by atoms with Crippen LogP contribution in [0.5, 0.6) is 0 Å². The fraction of sp³-hybridized carbons (Fsp3) is 0. The van der Waals surface area contributed by atoms with Crippen molar-refractivity contribution >= 4 is 40.0 Å². The van der Waals surface area contributed by atoms with Crippen molar-refractivity contribution in [2.75, 3.05) is 5.73 Å². The van der Waals surface area contributed by atoms with E-state index in [1.165, 1.54) is 10.8 Å². The highest BCUT2D eigenvalue weighted by Gasteiger charge is 2.21. The van der Waals surface area contributed by atoms with Crippen LogP contribution >= 0.6 is 11.6 Å². The van der Waals surface area contributed by atoms with E-state index in [0.29, 0.717) is 27.1 Å². The molecule has 1 aromatic heterocycles. The van der Waals surface area contributed by atoms with E-state index in [0.717, 1.165) is 0 Å². The minimum atomic E-state index is -0.696. The number of hydrogen-bond donors (Lipinski definition) is 2. The van der Waals surface area contributed by atoms with E-state index in [-0.39, 0.29) is 11.5 Å². The van der Waals surface area contributed by atoms with E-state index >= 15 is 0 Å². The SMILES string of the molecule is NC(=O)n1cc(C(=O)c2ccccc2)c2c(N)c(Cl)ccc21. The predicted molar refractivity (Wildman–Crippen MR) is 86.2 cm³/mol. The van der Waals surface area contributed by atoms with Gasteiger partial charge in [-0.15, -0.1) is 0 Å². The van der Waals surface area contributed by atoms with Gasteiger partial charge in [-0.3, -0.25) is 9.36 Å². The number of carbonyl (C=O) groups is 2. The third kappa shape index (κ3) is 2.12. The average Bonchev–Trinajstić information content (AvgIpc) is 2.91. The number of hydrogen-bond acceptors (Lipinski definition) is 3. The van der Waals surface area contributed by atoms with Crippen molar-refractivity contribution in [1.82, 2.24) is 4.57 Å². The standard InChI is InChI=1S/C16H12ClN3O2/c17-11-6-7-12-13(14(11)18)10(8-20(12)16(19)22)15(21)9-4-2-1-3-5-9/h1-8H,18H2,(H2,19,22). The Kier molecular flexibility index (Phi) is 3.35. The summed E-state index contributed by atoms with van der Waals surface area (Å²) in [6.45, 7) is 0. The minimum absolute atomic E-state index is 0.249. The molecule has 0 unspecified atom stereocenters.